The minimum absolute atomic E-state index is 0. The van der Waals surface area contributed by atoms with Crippen molar-refractivity contribution in [2.45, 2.75) is 39.7 Å². The number of aryl methyl sites for hydroxylation is 2. The van der Waals surface area contributed by atoms with E-state index in [9.17, 15) is 0 Å². The molecule has 1 unspecified atom stereocenters. The van der Waals surface area contributed by atoms with E-state index in [4.69, 9.17) is 4.99 Å². The summed E-state index contributed by atoms with van der Waals surface area (Å²) in [6.07, 6.45) is 2.03. The molecule has 29 heavy (non-hydrogen) atoms. The number of hydrogen-bond acceptors (Lipinski definition) is 3. The second-order valence-electron chi connectivity index (χ2n) is 7.34. The fraction of sp³-hybridized carbons (Fsp3) is 0.524. The molecule has 8 heteroatoms. The van der Waals surface area contributed by atoms with Crippen LogP contribution in [-0.4, -0.2) is 48.0 Å². The van der Waals surface area contributed by atoms with Crippen LogP contribution < -0.4 is 15.5 Å². The molecule has 0 bridgehead atoms. The highest BCUT2D eigenvalue weighted by molar-refractivity contribution is 14.0. The smallest absolute Gasteiger partial charge is 0.191 e. The second kappa shape index (κ2) is 11.2. The molecule has 1 aromatic carbocycles. The molecule has 2 heterocycles. The lowest BCUT2D eigenvalue weighted by Gasteiger charge is -2.20. The number of nitrogens with zero attached hydrogens (tertiary/aromatic N) is 4. The van der Waals surface area contributed by atoms with Gasteiger partial charge in [0.25, 0.3) is 0 Å². The quantitative estimate of drug-likeness (QED) is 0.313. The minimum Gasteiger partial charge on any atom is -0.369 e. The molecule has 1 atom stereocenters. The fourth-order valence-corrected chi connectivity index (χ4v) is 4.00. The summed E-state index contributed by atoms with van der Waals surface area (Å²) >= 11 is 3.51. The first-order chi connectivity index (χ1) is 13.5. The SMILES string of the molecule is CCNC(=NCCc1c(C)nn(C)c1C)NC1CCN(c2ccc(Br)cc2)C1.I. The summed E-state index contributed by atoms with van der Waals surface area (Å²) in [4.78, 5) is 7.23. The molecule has 0 aliphatic carbocycles. The molecule has 1 aliphatic heterocycles. The molecule has 1 fully saturated rings. The highest BCUT2D eigenvalue weighted by Gasteiger charge is 2.23. The molecule has 2 aromatic rings. The van der Waals surface area contributed by atoms with E-state index < -0.39 is 0 Å². The van der Waals surface area contributed by atoms with Crippen LogP contribution in [0.25, 0.3) is 0 Å². The van der Waals surface area contributed by atoms with Gasteiger partial charge in [-0.3, -0.25) is 9.67 Å². The molecule has 0 saturated carbocycles. The van der Waals surface area contributed by atoms with Crippen molar-refractivity contribution in [2.24, 2.45) is 12.0 Å². The number of anilines is 1. The molecule has 160 valence electrons. The number of aliphatic imine (C=N–C) groups is 1. The number of halogens is 2. The van der Waals surface area contributed by atoms with Gasteiger partial charge in [-0.05, 0) is 63.4 Å². The van der Waals surface area contributed by atoms with Crippen molar-refractivity contribution in [2.75, 3.05) is 31.1 Å². The van der Waals surface area contributed by atoms with Gasteiger partial charge >= 0.3 is 0 Å². The Morgan fingerprint density at radius 3 is 2.62 bits per heavy atom. The van der Waals surface area contributed by atoms with Crippen molar-refractivity contribution < 1.29 is 0 Å². The van der Waals surface area contributed by atoms with Crippen LogP contribution in [0.5, 0.6) is 0 Å². The lowest BCUT2D eigenvalue weighted by Crippen LogP contribution is -2.44. The predicted molar refractivity (Wildman–Crippen MR) is 136 cm³/mol. The third-order valence-corrected chi connectivity index (χ3v) is 5.88. The van der Waals surface area contributed by atoms with Gasteiger partial charge in [0.2, 0.25) is 0 Å². The summed E-state index contributed by atoms with van der Waals surface area (Å²) in [7, 11) is 2.00. The summed E-state index contributed by atoms with van der Waals surface area (Å²) in [5, 5.41) is 11.5. The largest absolute Gasteiger partial charge is 0.369 e. The summed E-state index contributed by atoms with van der Waals surface area (Å²) in [6.45, 7) is 9.98. The Kier molecular flexibility index (Phi) is 9.26. The van der Waals surface area contributed by atoms with Gasteiger partial charge in [0.15, 0.2) is 5.96 Å². The Morgan fingerprint density at radius 2 is 2.00 bits per heavy atom. The zero-order valence-corrected chi connectivity index (χ0v) is 21.6. The van der Waals surface area contributed by atoms with Crippen molar-refractivity contribution in [3.05, 3.63) is 45.7 Å². The lowest BCUT2D eigenvalue weighted by atomic mass is 10.1. The van der Waals surface area contributed by atoms with E-state index in [0.29, 0.717) is 6.04 Å². The van der Waals surface area contributed by atoms with Gasteiger partial charge in [-0.2, -0.15) is 5.10 Å². The molecular formula is C21H32BrIN6. The molecule has 0 radical (unpaired) electrons. The number of rotatable bonds is 6. The van der Waals surface area contributed by atoms with E-state index in [2.05, 4.69) is 81.6 Å². The van der Waals surface area contributed by atoms with Gasteiger partial charge in [0, 0.05) is 55.1 Å². The van der Waals surface area contributed by atoms with Gasteiger partial charge in [0.1, 0.15) is 0 Å². The number of nitrogens with one attached hydrogen (secondary N) is 2. The number of aromatic nitrogens is 2. The van der Waals surface area contributed by atoms with Crippen LogP contribution in [0.3, 0.4) is 0 Å². The normalized spacial score (nSPS) is 16.7. The Labute approximate surface area is 199 Å². The van der Waals surface area contributed by atoms with E-state index in [-0.39, 0.29) is 24.0 Å². The Balaban J connectivity index is 0.00000300. The van der Waals surface area contributed by atoms with Crippen LogP contribution in [-0.2, 0) is 13.5 Å². The van der Waals surface area contributed by atoms with Crippen molar-refractivity contribution in [1.82, 2.24) is 20.4 Å². The molecule has 1 aromatic heterocycles. The van der Waals surface area contributed by atoms with Crippen LogP contribution in [0.1, 0.15) is 30.3 Å². The van der Waals surface area contributed by atoms with Crippen LogP contribution in [0.15, 0.2) is 33.7 Å². The van der Waals surface area contributed by atoms with Crippen molar-refractivity contribution >= 4 is 51.6 Å². The zero-order chi connectivity index (χ0) is 20.1. The maximum atomic E-state index is 4.81. The van der Waals surface area contributed by atoms with Gasteiger partial charge < -0.3 is 15.5 Å². The van der Waals surface area contributed by atoms with E-state index >= 15 is 0 Å². The molecule has 3 rings (SSSR count). The van der Waals surface area contributed by atoms with Gasteiger partial charge in [-0.1, -0.05) is 15.9 Å². The van der Waals surface area contributed by atoms with Crippen LogP contribution in [0.2, 0.25) is 0 Å². The minimum atomic E-state index is 0. The summed E-state index contributed by atoms with van der Waals surface area (Å²) in [5.41, 5.74) is 4.92. The highest BCUT2D eigenvalue weighted by Crippen LogP contribution is 2.22. The molecule has 1 saturated heterocycles. The van der Waals surface area contributed by atoms with E-state index in [0.717, 1.165) is 55.1 Å². The number of benzene rings is 1. The maximum absolute atomic E-state index is 4.81. The summed E-state index contributed by atoms with van der Waals surface area (Å²) in [5.74, 6) is 0.907. The second-order valence-corrected chi connectivity index (χ2v) is 8.25. The Bertz CT molecular complexity index is 817. The van der Waals surface area contributed by atoms with Crippen molar-refractivity contribution in [1.29, 1.82) is 0 Å². The van der Waals surface area contributed by atoms with Gasteiger partial charge in [0.05, 0.1) is 5.69 Å². The monoisotopic (exact) mass is 574 g/mol. The van der Waals surface area contributed by atoms with E-state index in [1.54, 1.807) is 0 Å². The average molecular weight is 575 g/mol. The first-order valence-electron chi connectivity index (χ1n) is 10.0. The molecule has 1 aliphatic rings. The third-order valence-electron chi connectivity index (χ3n) is 5.36. The third kappa shape index (κ3) is 6.34. The molecule has 0 spiro atoms. The van der Waals surface area contributed by atoms with Gasteiger partial charge in [-0.25, -0.2) is 0 Å². The van der Waals surface area contributed by atoms with Crippen LogP contribution in [0.4, 0.5) is 5.69 Å². The number of guanidine groups is 1. The molecule has 2 N–H and O–H groups in total. The van der Waals surface area contributed by atoms with E-state index in [1.807, 2.05) is 11.7 Å². The molecule has 0 amide bonds. The zero-order valence-electron chi connectivity index (χ0n) is 17.7. The maximum Gasteiger partial charge on any atom is 0.191 e. The van der Waals surface area contributed by atoms with E-state index in [1.165, 1.54) is 16.9 Å². The molecular weight excluding hydrogens is 543 g/mol. The van der Waals surface area contributed by atoms with Gasteiger partial charge in [-0.15, -0.1) is 24.0 Å². The van der Waals surface area contributed by atoms with Crippen LogP contribution in [0, 0.1) is 13.8 Å². The molecule has 6 nitrogen and oxygen atoms in total. The Hall–Kier alpha value is -1.29. The Morgan fingerprint density at radius 1 is 1.28 bits per heavy atom. The van der Waals surface area contributed by atoms with Crippen LogP contribution >= 0.6 is 39.9 Å². The number of hydrogen-bond donors (Lipinski definition) is 2. The standard InChI is InChI=1S/C21H31BrN6.HI/c1-5-23-21(24-12-10-20-15(2)26-27(4)16(20)3)25-18-11-13-28(14-18)19-8-6-17(22)7-9-19;/h6-9,18H,5,10-14H2,1-4H3,(H2,23,24,25);1H. The predicted octanol–water partition coefficient (Wildman–Crippen LogP) is 3.79. The highest BCUT2D eigenvalue weighted by atomic mass is 127. The summed E-state index contributed by atoms with van der Waals surface area (Å²) in [6, 6.07) is 8.95. The lowest BCUT2D eigenvalue weighted by molar-refractivity contribution is 0.649. The fourth-order valence-electron chi connectivity index (χ4n) is 3.74. The average Bonchev–Trinajstić information content (AvgIpc) is 3.22. The van der Waals surface area contributed by atoms with Crippen molar-refractivity contribution in [3.63, 3.8) is 0 Å². The van der Waals surface area contributed by atoms with Crippen molar-refractivity contribution in [3.8, 4) is 0 Å². The summed E-state index contributed by atoms with van der Waals surface area (Å²) < 4.78 is 3.07. The first-order valence-corrected chi connectivity index (χ1v) is 10.8. The topological polar surface area (TPSA) is 57.5 Å². The first kappa shape index (κ1) is 24.0.